The lowest BCUT2D eigenvalue weighted by Gasteiger charge is -2.09. The van der Waals surface area contributed by atoms with Crippen molar-refractivity contribution in [3.63, 3.8) is 0 Å². The summed E-state index contributed by atoms with van der Waals surface area (Å²) in [6.07, 6.45) is 0. The third kappa shape index (κ3) is 4.49. The average Bonchev–Trinajstić information content (AvgIpc) is 2.92. The maximum Gasteiger partial charge on any atom is 0.284 e. The van der Waals surface area contributed by atoms with Gasteiger partial charge in [-0.25, -0.2) is 0 Å². The lowest BCUT2D eigenvalue weighted by atomic mass is 10.1. The predicted octanol–water partition coefficient (Wildman–Crippen LogP) is 3.75. The minimum atomic E-state index is -2.41. The highest BCUT2D eigenvalue weighted by molar-refractivity contribution is 7.98. The number of carbonyl (C=O) groups is 1. The van der Waals surface area contributed by atoms with Crippen molar-refractivity contribution >= 4 is 23.4 Å². The number of aryl methyl sites for hydroxylation is 1. The zero-order valence-corrected chi connectivity index (χ0v) is 12.8. The van der Waals surface area contributed by atoms with E-state index in [1.165, 1.54) is 0 Å². The molecule has 2 aromatic rings. The van der Waals surface area contributed by atoms with Crippen molar-refractivity contribution in [2.75, 3.05) is 5.32 Å². The van der Waals surface area contributed by atoms with E-state index in [9.17, 15) is 13.6 Å². The zero-order chi connectivity index (χ0) is 16.1. The van der Waals surface area contributed by atoms with Crippen molar-refractivity contribution in [3.05, 3.63) is 53.0 Å². The Morgan fingerprint density at radius 1 is 1.32 bits per heavy atom. The van der Waals surface area contributed by atoms with Crippen molar-refractivity contribution in [1.82, 2.24) is 0 Å². The minimum absolute atomic E-state index is 0.133. The van der Waals surface area contributed by atoms with Crippen LogP contribution in [0.2, 0.25) is 0 Å². The zero-order valence-electron chi connectivity index (χ0n) is 11.9. The van der Waals surface area contributed by atoms with Crippen LogP contribution >= 0.6 is 11.8 Å². The van der Waals surface area contributed by atoms with E-state index in [2.05, 4.69) is 5.32 Å². The minimum Gasteiger partial charge on any atom is -0.463 e. The first-order valence-corrected chi connectivity index (χ1v) is 7.62. The van der Waals surface area contributed by atoms with Crippen LogP contribution in [0.15, 0.2) is 34.7 Å². The van der Waals surface area contributed by atoms with Crippen LogP contribution < -0.4 is 11.1 Å². The Morgan fingerprint density at radius 2 is 2.05 bits per heavy atom. The van der Waals surface area contributed by atoms with Gasteiger partial charge in [0.05, 0.1) is 12.3 Å². The number of halogens is 2. The summed E-state index contributed by atoms with van der Waals surface area (Å²) in [5, 5.41) is 3.15. The Hall–Kier alpha value is -2.02. The Balaban J connectivity index is 1.98. The number of anilines is 1. The van der Waals surface area contributed by atoms with Gasteiger partial charge in [0, 0.05) is 11.3 Å². The van der Waals surface area contributed by atoms with Crippen molar-refractivity contribution in [2.24, 2.45) is 5.73 Å². The van der Waals surface area contributed by atoms with Crippen LogP contribution in [0.3, 0.4) is 0 Å². The van der Waals surface area contributed by atoms with Gasteiger partial charge in [-0.2, -0.15) is 8.78 Å². The van der Waals surface area contributed by atoms with Crippen LogP contribution in [0.4, 0.5) is 14.5 Å². The second-order valence-electron chi connectivity index (χ2n) is 4.69. The number of thioether (sulfide) groups is 1. The number of alkyl halides is 2. The fraction of sp³-hybridized carbons (Fsp3) is 0.267. The van der Waals surface area contributed by atoms with Gasteiger partial charge in [-0.05, 0) is 36.8 Å². The number of benzene rings is 1. The lowest BCUT2D eigenvalue weighted by Crippen LogP contribution is -2.11. The van der Waals surface area contributed by atoms with E-state index in [4.69, 9.17) is 10.2 Å². The predicted molar refractivity (Wildman–Crippen MR) is 83.0 cm³/mol. The van der Waals surface area contributed by atoms with Crippen LogP contribution in [0, 0.1) is 6.92 Å². The largest absolute Gasteiger partial charge is 0.463 e. The number of hydrogen-bond donors (Lipinski definition) is 2. The molecule has 0 atom stereocenters. The molecule has 0 unspecified atom stereocenters. The summed E-state index contributed by atoms with van der Waals surface area (Å²) >= 11 is 0.521. The van der Waals surface area contributed by atoms with E-state index in [0.717, 1.165) is 11.3 Å². The summed E-state index contributed by atoms with van der Waals surface area (Å²) < 4.78 is 29.7. The van der Waals surface area contributed by atoms with E-state index in [1.807, 2.05) is 6.92 Å². The van der Waals surface area contributed by atoms with E-state index in [0.29, 0.717) is 35.4 Å². The van der Waals surface area contributed by atoms with Crippen LogP contribution in [0.1, 0.15) is 27.4 Å². The molecule has 0 radical (unpaired) electrons. The number of nitrogens with one attached hydrogen (secondary N) is 1. The van der Waals surface area contributed by atoms with Gasteiger partial charge < -0.3 is 15.5 Å². The fourth-order valence-electron chi connectivity index (χ4n) is 1.89. The van der Waals surface area contributed by atoms with Gasteiger partial charge in [-0.15, -0.1) is 0 Å². The molecule has 1 aromatic heterocycles. The van der Waals surface area contributed by atoms with Crippen molar-refractivity contribution < 1.29 is 18.0 Å². The molecule has 0 saturated carbocycles. The molecule has 4 nitrogen and oxygen atoms in total. The van der Waals surface area contributed by atoms with Gasteiger partial charge in [0.15, 0.2) is 0 Å². The molecule has 0 aliphatic heterocycles. The first kappa shape index (κ1) is 16.4. The highest BCUT2D eigenvalue weighted by atomic mass is 32.2. The second kappa shape index (κ2) is 7.31. The summed E-state index contributed by atoms with van der Waals surface area (Å²) in [7, 11) is 0. The number of furan rings is 1. The SMILES string of the molecule is Cc1ccc(C(N)=O)cc1NCc1ccc(CSC(F)F)o1. The quantitative estimate of drug-likeness (QED) is 0.813. The molecular weight excluding hydrogens is 310 g/mol. The van der Waals surface area contributed by atoms with Crippen LogP contribution in [0.5, 0.6) is 0 Å². The number of primary amides is 1. The average molecular weight is 326 g/mol. The fourth-order valence-corrected chi connectivity index (χ4v) is 2.33. The molecule has 3 N–H and O–H groups in total. The molecule has 22 heavy (non-hydrogen) atoms. The molecule has 0 bridgehead atoms. The Bertz CT molecular complexity index is 659. The number of nitrogens with two attached hydrogens (primary N) is 1. The molecule has 1 heterocycles. The van der Waals surface area contributed by atoms with E-state index in [-0.39, 0.29) is 5.75 Å². The third-order valence-electron chi connectivity index (χ3n) is 3.04. The molecule has 0 saturated heterocycles. The summed E-state index contributed by atoms with van der Waals surface area (Å²) in [5.74, 6) is -1.63. The summed E-state index contributed by atoms with van der Waals surface area (Å²) in [6.45, 7) is 2.29. The summed E-state index contributed by atoms with van der Waals surface area (Å²) in [6, 6.07) is 8.56. The van der Waals surface area contributed by atoms with Gasteiger partial charge in [-0.3, -0.25) is 4.79 Å². The number of hydrogen-bond acceptors (Lipinski definition) is 4. The normalized spacial score (nSPS) is 10.9. The van der Waals surface area contributed by atoms with Crippen LogP contribution in [-0.4, -0.2) is 11.7 Å². The molecule has 0 aliphatic carbocycles. The van der Waals surface area contributed by atoms with Gasteiger partial charge >= 0.3 is 0 Å². The Labute approximate surface area is 131 Å². The first-order valence-electron chi connectivity index (χ1n) is 6.57. The second-order valence-corrected chi connectivity index (χ2v) is 5.67. The molecule has 7 heteroatoms. The molecule has 0 fully saturated rings. The highest BCUT2D eigenvalue weighted by Crippen LogP contribution is 2.22. The van der Waals surface area contributed by atoms with Gasteiger partial charge in [0.25, 0.3) is 5.76 Å². The molecule has 1 aromatic carbocycles. The van der Waals surface area contributed by atoms with Crippen molar-refractivity contribution in [2.45, 2.75) is 25.0 Å². The maximum absolute atomic E-state index is 12.1. The van der Waals surface area contributed by atoms with Crippen molar-refractivity contribution in [1.29, 1.82) is 0 Å². The number of carbonyl (C=O) groups excluding carboxylic acids is 1. The molecule has 0 aliphatic rings. The molecule has 2 rings (SSSR count). The van der Waals surface area contributed by atoms with Crippen LogP contribution in [-0.2, 0) is 12.3 Å². The van der Waals surface area contributed by atoms with E-state index >= 15 is 0 Å². The van der Waals surface area contributed by atoms with Gasteiger partial charge in [-0.1, -0.05) is 17.8 Å². The van der Waals surface area contributed by atoms with Gasteiger partial charge in [0.2, 0.25) is 5.91 Å². The highest BCUT2D eigenvalue weighted by Gasteiger charge is 2.08. The molecule has 0 spiro atoms. The molecule has 1 amide bonds. The lowest BCUT2D eigenvalue weighted by molar-refractivity contribution is 0.100. The monoisotopic (exact) mass is 326 g/mol. The third-order valence-corrected chi connectivity index (χ3v) is 3.75. The first-order chi connectivity index (χ1) is 10.5. The standard InChI is InChI=1S/C15H16F2N2O2S/c1-9-2-3-10(14(18)20)6-13(9)19-7-11-4-5-12(21-11)8-22-15(16)17/h2-6,15,19H,7-8H2,1H3,(H2,18,20). The number of amides is 1. The number of rotatable bonds is 7. The van der Waals surface area contributed by atoms with Crippen LogP contribution in [0.25, 0.3) is 0 Å². The van der Waals surface area contributed by atoms with E-state index < -0.39 is 11.7 Å². The Morgan fingerprint density at radius 3 is 2.73 bits per heavy atom. The maximum atomic E-state index is 12.1. The molecule has 118 valence electrons. The molecular formula is C15H16F2N2O2S. The van der Waals surface area contributed by atoms with Gasteiger partial charge in [0.1, 0.15) is 11.5 Å². The summed E-state index contributed by atoms with van der Waals surface area (Å²) in [5.41, 5.74) is 7.41. The Kier molecular flexibility index (Phi) is 5.43. The van der Waals surface area contributed by atoms with E-state index in [1.54, 1.807) is 30.3 Å². The van der Waals surface area contributed by atoms with Crippen molar-refractivity contribution in [3.8, 4) is 0 Å². The smallest absolute Gasteiger partial charge is 0.284 e. The topological polar surface area (TPSA) is 68.3 Å². The summed E-state index contributed by atoms with van der Waals surface area (Å²) in [4.78, 5) is 11.2.